The van der Waals surface area contributed by atoms with Gasteiger partial charge in [-0.15, -0.1) is 0 Å². The van der Waals surface area contributed by atoms with Crippen molar-refractivity contribution < 1.29 is 19.1 Å². The Labute approximate surface area is 163 Å². The Hall–Kier alpha value is -3.33. The Kier molecular flexibility index (Phi) is 4.74. The lowest BCUT2D eigenvalue weighted by Crippen LogP contribution is -2.40. The molecule has 3 unspecified atom stereocenters. The van der Waals surface area contributed by atoms with Gasteiger partial charge < -0.3 is 14.4 Å². The molecule has 0 radical (unpaired) electrons. The number of aryl methyl sites for hydroxylation is 1. The number of esters is 2. The van der Waals surface area contributed by atoms with Crippen LogP contribution in [0.5, 0.6) is 5.88 Å². The molecule has 0 N–H and O–H groups in total. The quantitative estimate of drug-likeness (QED) is 0.605. The van der Waals surface area contributed by atoms with Gasteiger partial charge in [-0.05, 0) is 42.9 Å². The van der Waals surface area contributed by atoms with E-state index in [9.17, 15) is 9.59 Å². The van der Waals surface area contributed by atoms with E-state index in [-0.39, 0.29) is 17.9 Å². The minimum Gasteiger partial charge on any atom is -0.467 e. The second-order valence-corrected chi connectivity index (χ2v) is 7.07. The molecule has 142 valence electrons. The summed E-state index contributed by atoms with van der Waals surface area (Å²) in [6.45, 7) is 2.68. The Morgan fingerprint density at radius 3 is 2.79 bits per heavy atom. The average Bonchev–Trinajstić information content (AvgIpc) is 3.36. The molecule has 1 aliphatic carbocycles. The van der Waals surface area contributed by atoms with Crippen molar-refractivity contribution in [3.63, 3.8) is 0 Å². The van der Waals surface area contributed by atoms with E-state index in [4.69, 9.17) is 9.47 Å². The Bertz CT molecular complexity index is 991. The fraction of sp³-hybridized carbons (Fsp3) is 0.318. The van der Waals surface area contributed by atoms with Crippen LogP contribution < -0.4 is 9.64 Å². The van der Waals surface area contributed by atoms with Gasteiger partial charge in [-0.2, -0.15) is 4.98 Å². The van der Waals surface area contributed by atoms with E-state index < -0.39 is 5.97 Å². The third kappa shape index (κ3) is 3.56. The van der Waals surface area contributed by atoms with Crippen LogP contribution >= 0.6 is 0 Å². The molecule has 28 heavy (non-hydrogen) atoms. The van der Waals surface area contributed by atoms with Crippen LogP contribution in [-0.2, 0) is 14.3 Å². The smallest absolute Gasteiger partial charge is 0.391 e. The van der Waals surface area contributed by atoms with Crippen molar-refractivity contribution in [2.24, 2.45) is 11.8 Å². The molecule has 2 aliphatic rings. The van der Waals surface area contributed by atoms with E-state index >= 15 is 0 Å². The number of benzene rings is 1. The van der Waals surface area contributed by atoms with Gasteiger partial charge in [-0.25, -0.2) is 9.59 Å². The molecule has 2 aromatic rings. The number of carbonyl (C=O) groups excluding carboxylic acids is 2. The van der Waals surface area contributed by atoms with Gasteiger partial charge in [-0.1, -0.05) is 30.2 Å². The molecular weight excluding hydrogens is 356 g/mol. The zero-order chi connectivity index (χ0) is 19.7. The number of methoxy groups -OCH3 is 1. The summed E-state index contributed by atoms with van der Waals surface area (Å²) in [5.41, 5.74) is 1.77. The predicted molar refractivity (Wildman–Crippen MR) is 103 cm³/mol. The van der Waals surface area contributed by atoms with E-state index in [0.29, 0.717) is 17.7 Å². The first-order valence-electron chi connectivity index (χ1n) is 9.18. The molecule has 2 heterocycles. The molecule has 6 heteroatoms. The van der Waals surface area contributed by atoms with E-state index in [1.807, 2.05) is 36.1 Å². The maximum Gasteiger partial charge on any atom is 0.391 e. The summed E-state index contributed by atoms with van der Waals surface area (Å²) in [5, 5.41) is 0. The van der Waals surface area contributed by atoms with Crippen LogP contribution in [0.3, 0.4) is 0 Å². The number of ether oxygens (including phenoxy) is 2. The highest BCUT2D eigenvalue weighted by atomic mass is 16.5. The lowest BCUT2D eigenvalue weighted by atomic mass is 10.1. The van der Waals surface area contributed by atoms with E-state index in [2.05, 4.69) is 16.8 Å². The minimum absolute atomic E-state index is 0.158. The highest BCUT2D eigenvalue weighted by Crippen LogP contribution is 2.50. The first kappa shape index (κ1) is 18.1. The summed E-state index contributed by atoms with van der Waals surface area (Å²) in [6.07, 6.45) is 1.04. The molecular formula is C22H20N2O4. The molecule has 2 fully saturated rings. The van der Waals surface area contributed by atoms with E-state index in [1.165, 1.54) is 7.11 Å². The van der Waals surface area contributed by atoms with Crippen LogP contribution in [0.2, 0.25) is 0 Å². The van der Waals surface area contributed by atoms with E-state index in [1.54, 1.807) is 18.2 Å². The number of carbonyl (C=O) groups is 2. The minimum atomic E-state index is -0.679. The lowest BCUT2D eigenvalue weighted by Gasteiger charge is -2.26. The molecule has 0 spiro atoms. The molecule has 1 aromatic carbocycles. The zero-order valence-corrected chi connectivity index (χ0v) is 15.7. The largest absolute Gasteiger partial charge is 0.467 e. The highest BCUT2D eigenvalue weighted by Gasteiger charge is 2.56. The summed E-state index contributed by atoms with van der Waals surface area (Å²) in [4.78, 5) is 30.6. The van der Waals surface area contributed by atoms with Gasteiger partial charge >= 0.3 is 11.9 Å². The molecule has 0 bridgehead atoms. The van der Waals surface area contributed by atoms with Crippen molar-refractivity contribution in [2.75, 3.05) is 18.6 Å². The second kappa shape index (κ2) is 7.35. The third-order valence-corrected chi connectivity index (χ3v) is 5.24. The maximum absolute atomic E-state index is 12.1. The van der Waals surface area contributed by atoms with Crippen molar-refractivity contribution in [1.29, 1.82) is 0 Å². The summed E-state index contributed by atoms with van der Waals surface area (Å²) in [7, 11) is 1.40. The van der Waals surface area contributed by atoms with Crippen LogP contribution in [0.4, 0.5) is 5.82 Å². The van der Waals surface area contributed by atoms with Crippen LogP contribution in [0.15, 0.2) is 42.5 Å². The van der Waals surface area contributed by atoms with Crippen LogP contribution in [0, 0.1) is 30.6 Å². The predicted octanol–water partition coefficient (Wildman–Crippen LogP) is 2.34. The Morgan fingerprint density at radius 2 is 2.00 bits per heavy atom. The second-order valence-electron chi connectivity index (χ2n) is 7.07. The van der Waals surface area contributed by atoms with Gasteiger partial charge in [0.05, 0.1) is 7.11 Å². The van der Waals surface area contributed by atoms with Gasteiger partial charge in [0.1, 0.15) is 11.9 Å². The van der Waals surface area contributed by atoms with Crippen molar-refractivity contribution in [2.45, 2.75) is 19.4 Å². The number of anilines is 1. The molecule has 1 aromatic heterocycles. The number of piperidine rings is 1. The standard InChI is InChI=1S/C22H20N2O4/c1-14-6-3-4-7-15(14)10-11-20(25)28-19-9-5-8-18(23-19)24-13-16-12-17(16)21(24)22(26)27-2/h3-9,16-17,21H,12-13H2,1-2H3. The monoisotopic (exact) mass is 376 g/mol. The van der Waals surface area contributed by atoms with Gasteiger partial charge in [0.15, 0.2) is 0 Å². The van der Waals surface area contributed by atoms with Crippen LogP contribution in [0.1, 0.15) is 17.5 Å². The summed E-state index contributed by atoms with van der Waals surface area (Å²) in [5.74, 6) is 5.95. The van der Waals surface area contributed by atoms with Crippen LogP contribution in [0.25, 0.3) is 0 Å². The van der Waals surface area contributed by atoms with Gasteiger partial charge in [0, 0.05) is 24.1 Å². The SMILES string of the molecule is COC(=O)C1C2CC2CN1c1cccc(OC(=O)C#Cc2ccccc2C)n1. The molecule has 3 atom stereocenters. The van der Waals surface area contributed by atoms with Gasteiger partial charge in [-0.3, -0.25) is 0 Å². The van der Waals surface area contributed by atoms with Gasteiger partial charge in [0.2, 0.25) is 5.88 Å². The Balaban J connectivity index is 1.48. The number of nitrogens with zero attached hydrogens (tertiary/aromatic N) is 2. The number of aromatic nitrogens is 1. The number of rotatable bonds is 3. The highest BCUT2D eigenvalue weighted by molar-refractivity contribution is 5.90. The van der Waals surface area contributed by atoms with Crippen LogP contribution in [-0.4, -0.2) is 36.6 Å². The third-order valence-electron chi connectivity index (χ3n) is 5.24. The molecule has 6 nitrogen and oxygen atoms in total. The topological polar surface area (TPSA) is 68.7 Å². The Morgan fingerprint density at radius 1 is 1.18 bits per heavy atom. The number of pyridine rings is 1. The molecule has 1 saturated carbocycles. The van der Waals surface area contributed by atoms with Crippen molar-refractivity contribution >= 4 is 17.8 Å². The zero-order valence-electron chi connectivity index (χ0n) is 15.7. The first-order valence-corrected chi connectivity index (χ1v) is 9.18. The normalized spacial score (nSPS) is 21.9. The molecule has 1 saturated heterocycles. The number of fused-ring (bicyclic) bond motifs is 1. The maximum atomic E-state index is 12.1. The fourth-order valence-corrected chi connectivity index (χ4v) is 3.70. The van der Waals surface area contributed by atoms with Crippen molar-refractivity contribution in [3.05, 3.63) is 53.6 Å². The van der Waals surface area contributed by atoms with E-state index in [0.717, 1.165) is 24.1 Å². The fourth-order valence-electron chi connectivity index (χ4n) is 3.70. The summed E-state index contributed by atoms with van der Waals surface area (Å²) < 4.78 is 10.2. The van der Waals surface area contributed by atoms with Gasteiger partial charge in [0.25, 0.3) is 0 Å². The van der Waals surface area contributed by atoms with Crippen molar-refractivity contribution in [3.8, 4) is 17.7 Å². The summed E-state index contributed by atoms with van der Waals surface area (Å²) >= 11 is 0. The molecule has 0 amide bonds. The number of hydrogen-bond acceptors (Lipinski definition) is 6. The lowest BCUT2D eigenvalue weighted by molar-refractivity contribution is -0.142. The van der Waals surface area contributed by atoms with Crippen molar-refractivity contribution in [1.82, 2.24) is 4.98 Å². The number of hydrogen-bond donors (Lipinski definition) is 0. The molecule has 4 rings (SSSR count). The summed E-state index contributed by atoms with van der Waals surface area (Å²) in [6, 6.07) is 12.4. The molecule has 1 aliphatic heterocycles. The first-order chi connectivity index (χ1) is 13.6. The average molecular weight is 376 g/mol.